The van der Waals surface area contributed by atoms with Crippen molar-refractivity contribution in [3.63, 3.8) is 0 Å². The summed E-state index contributed by atoms with van der Waals surface area (Å²) in [5.74, 6) is 0.0584. The summed E-state index contributed by atoms with van der Waals surface area (Å²) in [6, 6.07) is 6.22. The lowest BCUT2D eigenvalue weighted by Crippen LogP contribution is -2.10. The van der Waals surface area contributed by atoms with Crippen molar-refractivity contribution in [3.05, 3.63) is 57.2 Å². The molecule has 0 saturated carbocycles. The van der Waals surface area contributed by atoms with Crippen LogP contribution in [0.5, 0.6) is 0 Å². The van der Waals surface area contributed by atoms with Gasteiger partial charge in [-0.25, -0.2) is 0 Å². The first-order valence-electron chi connectivity index (χ1n) is 9.46. The number of fused-ring (bicyclic) bond motifs is 1. The predicted octanol–water partition coefficient (Wildman–Crippen LogP) is 6.34. The Balaban J connectivity index is 2.16. The summed E-state index contributed by atoms with van der Waals surface area (Å²) in [7, 11) is 0. The molecule has 0 fully saturated rings. The van der Waals surface area contributed by atoms with Gasteiger partial charge in [0.15, 0.2) is 0 Å². The van der Waals surface area contributed by atoms with E-state index in [0.717, 1.165) is 42.5 Å². The van der Waals surface area contributed by atoms with Gasteiger partial charge in [-0.1, -0.05) is 30.5 Å². The molecule has 1 aliphatic carbocycles. The van der Waals surface area contributed by atoms with E-state index in [9.17, 15) is 4.79 Å². The third kappa shape index (κ3) is 3.22. The summed E-state index contributed by atoms with van der Waals surface area (Å²) in [4.78, 5) is 12.7. The quantitative estimate of drug-likeness (QED) is 0.642. The van der Waals surface area contributed by atoms with E-state index < -0.39 is 0 Å². The molecule has 1 aromatic carbocycles. The van der Waals surface area contributed by atoms with E-state index in [4.69, 9.17) is 0 Å². The second-order valence-corrected chi connectivity index (χ2v) is 7.47. The molecule has 1 aliphatic heterocycles. The third-order valence-corrected chi connectivity index (χ3v) is 5.70. The van der Waals surface area contributed by atoms with Gasteiger partial charge in [0.1, 0.15) is 0 Å². The van der Waals surface area contributed by atoms with Crippen LogP contribution < -0.4 is 5.32 Å². The molecule has 0 radical (unpaired) electrons. The van der Waals surface area contributed by atoms with Crippen molar-refractivity contribution in [1.82, 2.24) is 0 Å². The number of nitrogens with one attached hydrogen (secondary N) is 1. The molecule has 0 aromatic heterocycles. The van der Waals surface area contributed by atoms with Crippen LogP contribution >= 0.6 is 0 Å². The van der Waals surface area contributed by atoms with Gasteiger partial charge >= 0.3 is 0 Å². The fourth-order valence-corrected chi connectivity index (χ4v) is 4.18. The lowest BCUT2D eigenvalue weighted by Gasteiger charge is -2.24. The van der Waals surface area contributed by atoms with Crippen LogP contribution in [0.4, 0.5) is 5.69 Å². The molecule has 0 atom stereocenters. The van der Waals surface area contributed by atoms with Gasteiger partial charge in [0.25, 0.3) is 5.91 Å². The van der Waals surface area contributed by atoms with E-state index in [0.29, 0.717) is 0 Å². The molecular weight excluding hydrogens is 306 g/mol. The smallest absolute Gasteiger partial charge is 0.256 e. The molecule has 0 saturated heterocycles. The van der Waals surface area contributed by atoms with Gasteiger partial charge in [-0.2, -0.15) is 0 Å². The second kappa shape index (κ2) is 7.03. The highest BCUT2D eigenvalue weighted by Gasteiger charge is 2.29. The Bertz CT molecular complexity index is 820. The lowest BCUT2D eigenvalue weighted by molar-refractivity contribution is -0.110. The first-order valence-corrected chi connectivity index (χ1v) is 9.46. The summed E-state index contributed by atoms with van der Waals surface area (Å²) < 4.78 is 0. The summed E-state index contributed by atoms with van der Waals surface area (Å²) in [5, 5.41) is 3.05. The van der Waals surface area contributed by atoms with E-state index in [1.165, 1.54) is 39.8 Å². The molecule has 2 heteroatoms. The van der Waals surface area contributed by atoms with Crippen molar-refractivity contribution in [3.8, 4) is 0 Å². The van der Waals surface area contributed by atoms with Crippen molar-refractivity contribution in [2.45, 2.75) is 66.7 Å². The normalized spacial score (nSPS) is 21.2. The molecule has 3 rings (SSSR count). The number of aryl methyl sites for hydroxylation is 1. The Morgan fingerprint density at radius 1 is 1.16 bits per heavy atom. The fourth-order valence-electron chi connectivity index (χ4n) is 4.18. The Labute approximate surface area is 151 Å². The molecule has 1 aromatic rings. The maximum atomic E-state index is 12.7. The Morgan fingerprint density at radius 2 is 1.92 bits per heavy atom. The molecular formula is C23H29NO. The number of hydrogen-bond acceptors (Lipinski definition) is 1. The second-order valence-electron chi connectivity index (χ2n) is 7.47. The highest BCUT2D eigenvalue weighted by Crippen LogP contribution is 2.42. The SMILES string of the molecule is CCC/C(C)=C(/C)C1=C(C)/C(=C2\C(=O)Nc3ccc(C)cc32)CCC1. The van der Waals surface area contributed by atoms with Crippen LogP contribution in [0.3, 0.4) is 0 Å². The van der Waals surface area contributed by atoms with E-state index in [-0.39, 0.29) is 5.91 Å². The Morgan fingerprint density at radius 3 is 2.64 bits per heavy atom. The van der Waals surface area contributed by atoms with E-state index >= 15 is 0 Å². The maximum Gasteiger partial charge on any atom is 0.256 e. The van der Waals surface area contributed by atoms with Crippen LogP contribution in [0.15, 0.2) is 46.1 Å². The Kier molecular flexibility index (Phi) is 4.99. The zero-order chi connectivity index (χ0) is 18.1. The molecule has 25 heavy (non-hydrogen) atoms. The summed E-state index contributed by atoms with van der Waals surface area (Å²) in [6.07, 6.45) is 5.57. The predicted molar refractivity (Wildman–Crippen MR) is 107 cm³/mol. The third-order valence-electron chi connectivity index (χ3n) is 5.70. The molecule has 0 spiro atoms. The number of allylic oxidation sites excluding steroid dienone is 5. The van der Waals surface area contributed by atoms with Crippen LogP contribution in [0.2, 0.25) is 0 Å². The fraction of sp³-hybridized carbons (Fsp3) is 0.435. The Hall–Kier alpha value is -2.09. The van der Waals surface area contributed by atoms with Crippen LogP contribution in [0.1, 0.15) is 70.9 Å². The number of benzene rings is 1. The average molecular weight is 335 g/mol. The molecule has 1 N–H and O–H groups in total. The first-order chi connectivity index (χ1) is 11.9. The largest absolute Gasteiger partial charge is 0.321 e. The van der Waals surface area contributed by atoms with E-state index in [1.54, 1.807) is 0 Å². The van der Waals surface area contributed by atoms with Gasteiger partial charge in [-0.05, 0) is 87.8 Å². The van der Waals surface area contributed by atoms with Gasteiger partial charge in [0.05, 0.1) is 5.57 Å². The zero-order valence-corrected chi connectivity index (χ0v) is 16.2. The molecule has 1 heterocycles. The number of carbonyl (C=O) groups excluding carboxylic acids is 1. The van der Waals surface area contributed by atoms with Crippen molar-refractivity contribution in [1.29, 1.82) is 0 Å². The standard InChI is InChI=1S/C23H29NO/c1-6-8-15(3)16(4)18-9-7-10-19(17(18)5)22-20-13-14(2)11-12-21(20)24-23(22)25/h11-13H,6-10H2,1-5H3,(H,24,25)/b16-15-,22-19-. The highest BCUT2D eigenvalue weighted by molar-refractivity contribution is 6.32. The van der Waals surface area contributed by atoms with E-state index in [1.807, 2.05) is 6.07 Å². The highest BCUT2D eigenvalue weighted by atomic mass is 16.2. The minimum absolute atomic E-state index is 0.0584. The maximum absolute atomic E-state index is 12.7. The van der Waals surface area contributed by atoms with E-state index in [2.05, 4.69) is 52.1 Å². The minimum Gasteiger partial charge on any atom is -0.321 e. The van der Waals surface area contributed by atoms with Crippen molar-refractivity contribution in [2.75, 3.05) is 5.32 Å². The van der Waals surface area contributed by atoms with Gasteiger partial charge < -0.3 is 5.32 Å². The molecule has 1 amide bonds. The minimum atomic E-state index is 0.0584. The first kappa shape index (κ1) is 17.7. The van der Waals surface area contributed by atoms with Crippen molar-refractivity contribution in [2.24, 2.45) is 0 Å². The number of amides is 1. The number of carbonyl (C=O) groups is 1. The molecule has 2 nitrogen and oxygen atoms in total. The van der Waals surface area contributed by atoms with Crippen LogP contribution in [0, 0.1) is 6.92 Å². The van der Waals surface area contributed by atoms with Gasteiger partial charge in [-0.3, -0.25) is 4.79 Å². The molecule has 0 bridgehead atoms. The number of rotatable bonds is 3. The van der Waals surface area contributed by atoms with Gasteiger partial charge in [0, 0.05) is 11.3 Å². The summed E-state index contributed by atoms with van der Waals surface area (Å²) >= 11 is 0. The summed E-state index contributed by atoms with van der Waals surface area (Å²) in [6.45, 7) is 11.0. The molecule has 2 aliphatic rings. The van der Waals surface area contributed by atoms with Crippen molar-refractivity contribution < 1.29 is 4.79 Å². The number of hydrogen-bond donors (Lipinski definition) is 1. The lowest BCUT2D eigenvalue weighted by atomic mass is 9.80. The number of anilines is 1. The van der Waals surface area contributed by atoms with Crippen LogP contribution in [-0.4, -0.2) is 5.91 Å². The topological polar surface area (TPSA) is 29.1 Å². The van der Waals surface area contributed by atoms with Crippen LogP contribution in [-0.2, 0) is 4.79 Å². The van der Waals surface area contributed by atoms with Gasteiger partial charge in [0.2, 0.25) is 0 Å². The summed E-state index contributed by atoms with van der Waals surface area (Å²) in [5.41, 5.74) is 11.0. The monoisotopic (exact) mass is 335 g/mol. The van der Waals surface area contributed by atoms with Crippen molar-refractivity contribution >= 4 is 17.2 Å². The zero-order valence-electron chi connectivity index (χ0n) is 16.2. The van der Waals surface area contributed by atoms with Crippen LogP contribution in [0.25, 0.3) is 5.57 Å². The molecule has 0 unspecified atom stereocenters. The average Bonchev–Trinajstić information content (AvgIpc) is 2.90. The van der Waals surface area contributed by atoms with Gasteiger partial charge in [-0.15, -0.1) is 0 Å². The molecule has 132 valence electrons.